The maximum absolute atomic E-state index is 14.5. The van der Waals surface area contributed by atoms with Gasteiger partial charge in [0.2, 0.25) is 0 Å². The van der Waals surface area contributed by atoms with E-state index in [1.54, 1.807) is 55.4 Å². The molecular formula is C33H56N2O10. The summed E-state index contributed by atoms with van der Waals surface area (Å²) in [5, 5.41) is 14.1. The van der Waals surface area contributed by atoms with Gasteiger partial charge in [-0.2, -0.15) is 0 Å². The Balaban J connectivity index is 2.17. The first-order chi connectivity index (χ1) is 20.8. The molecule has 3 saturated heterocycles. The number of esters is 1. The van der Waals surface area contributed by atoms with E-state index in [0.29, 0.717) is 6.42 Å². The molecule has 13 atom stereocenters. The number of carbonyl (C=O) groups is 4. The van der Waals surface area contributed by atoms with Crippen LogP contribution >= 0.6 is 0 Å². The summed E-state index contributed by atoms with van der Waals surface area (Å²) in [6, 6.07) is -1.06. The molecule has 4 unspecified atom stereocenters. The number of ketones is 2. The van der Waals surface area contributed by atoms with E-state index in [2.05, 4.69) is 5.32 Å². The quantitative estimate of drug-likeness (QED) is 0.325. The number of likely N-dealkylation sites (N-methyl/N-ethyl adjacent to an activating group) is 1. The third-order valence-electron chi connectivity index (χ3n) is 10.8. The van der Waals surface area contributed by atoms with E-state index in [9.17, 15) is 24.3 Å². The van der Waals surface area contributed by atoms with Gasteiger partial charge >= 0.3 is 12.1 Å². The maximum atomic E-state index is 14.5. The number of ether oxygens (including phenoxy) is 5. The number of aliphatic hydroxyl groups is 1. The number of hydrogen-bond donors (Lipinski definition) is 2. The van der Waals surface area contributed by atoms with Gasteiger partial charge < -0.3 is 39.0 Å². The average Bonchev–Trinajstić information content (AvgIpc) is 3.31. The predicted octanol–water partition coefficient (Wildman–Crippen LogP) is 3.26. The Bertz CT molecular complexity index is 1120. The lowest BCUT2D eigenvalue weighted by molar-refractivity contribution is -0.295. The summed E-state index contributed by atoms with van der Waals surface area (Å²) in [5.41, 5.74) is -4.18. The number of cyclic esters (lactones) is 1. The van der Waals surface area contributed by atoms with Gasteiger partial charge in [-0.3, -0.25) is 14.4 Å². The molecular weight excluding hydrogens is 584 g/mol. The van der Waals surface area contributed by atoms with Gasteiger partial charge in [0.1, 0.15) is 23.4 Å². The first-order valence-electron chi connectivity index (χ1n) is 16.3. The van der Waals surface area contributed by atoms with E-state index < -0.39 is 82.9 Å². The summed E-state index contributed by atoms with van der Waals surface area (Å²) in [6.07, 6.45) is -3.91. The van der Waals surface area contributed by atoms with Gasteiger partial charge in [-0.1, -0.05) is 34.6 Å². The van der Waals surface area contributed by atoms with Crippen LogP contribution in [0.5, 0.6) is 0 Å². The Kier molecular flexibility index (Phi) is 11.6. The highest BCUT2D eigenvalue weighted by atomic mass is 16.7. The smallest absolute Gasteiger partial charge is 0.408 e. The van der Waals surface area contributed by atoms with Crippen LogP contribution in [-0.2, 0) is 38.1 Å². The normalized spacial score (nSPS) is 45.4. The fourth-order valence-electron chi connectivity index (χ4n) is 7.60. The van der Waals surface area contributed by atoms with Gasteiger partial charge in [0, 0.05) is 30.9 Å². The summed E-state index contributed by atoms with van der Waals surface area (Å²) in [5.74, 6) is -3.62. The summed E-state index contributed by atoms with van der Waals surface area (Å²) in [7, 11) is 5.23. The van der Waals surface area contributed by atoms with Crippen LogP contribution in [0.25, 0.3) is 0 Å². The molecule has 0 saturated carbocycles. The van der Waals surface area contributed by atoms with Crippen LogP contribution in [0, 0.1) is 23.2 Å². The van der Waals surface area contributed by atoms with Crippen molar-refractivity contribution in [3.05, 3.63) is 0 Å². The first-order valence-corrected chi connectivity index (χ1v) is 16.3. The van der Waals surface area contributed by atoms with Crippen molar-refractivity contribution in [2.45, 2.75) is 142 Å². The van der Waals surface area contributed by atoms with E-state index in [0.717, 1.165) is 0 Å². The molecule has 3 rings (SSSR count). The number of nitrogens with zero attached hydrogens (tertiary/aromatic N) is 1. The highest BCUT2D eigenvalue weighted by Gasteiger charge is 2.58. The van der Waals surface area contributed by atoms with Gasteiger partial charge in [0.05, 0.1) is 23.9 Å². The number of rotatable bonds is 6. The van der Waals surface area contributed by atoms with Gasteiger partial charge in [0.15, 0.2) is 17.7 Å². The number of methoxy groups -OCH3 is 1. The van der Waals surface area contributed by atoms with Crippen LogP contribution in [0.2, 0.25) is 0 Å². The second-order valence-electron chi connectivity index (χ2n) is 14.3. The number of hydrogen-bond acceptors (Lipinski definition) is 11. The van der Waals surface area contributed by atoms with Crippen molar-refractivity contribution < 1.29 is 48.0 Å². The van der Waals surface area contributed by atoms with E-state index in [4.69, 9.17) is 23.7 Å². The lowest BCUT2D eigenvalue weighted by Gasteiger charge is -2.47. The van der Waals surface area contributed by atoms with E-state index in [-0.39, 0.29) is 37.2 Å². The second-order valence-corrected chi connectivity index (χ2v) is 14.3. The van der Waals surface area contributed by atoms with Gasteiger partial charge in [-0.15, -0.1) is 0 Å². The number of aliphatic hydroxyl groups excluding tert-OH is 1. The Morgan fingerprint density at radius 1 is 1.02 bits per heavy atom. The van der Waals surface area contributed by atoms with Crippen LogP contribution in [0.1, 0.15) is 88.0 Å². The van der Waals surface area contributed by atoms with Gasteiger partial charge in [0.25, 0.3) is 0 Å². The summed E-state index contributed by atoms with van der Waals surface area (Å²) < 4.78 is 30.6. The van der Waals surface area contributed by atoms with Crippen molar-refractivity contribution in [1.29, 1.82) is 0 Å². The molecule has 0 aromatic heterocycles. The van der Waals surface area contributed by atoms with Gasteiger partial charge in [-0.25, -0.2) is 4.79 Å². The maximum Gasteiger partial charge on any atom is 0.408 e. The largest absolute Gasteiger partial charge is 0.457 e. The zero-order valence-corrected chi connectivity index (χ0v) is 29.2. The molecule has 3 aliphatic rings. The first kappa shape index (κ1) is 37.3. The van der Waals surface area contributed by atoms with Crippen LogP contribution in [0.15, 0.2) is 0 Å². The topological polar surface area (TPSA) is 150 Å². The number of carbonyl (C=O) groups excluding carboxylic acids is 4. The number of alkyl carbamates (subject to hydrolysis) is 1. The lowest BCUT2D eigenvalue weighted by Crippen LogP contribution is -2.61. The van der Waals surface area contributed by atoms with E-state index >= 15 is 0 Å². The molecule has 3 aliphatic heterocycles. The zero-order chi connectivity index (χ0) is 34.2. The Hall–Kier alpha value is -2.12. The Morgan fingerprint density at radius 2 is 1.64 bits per heavy atom. The highest BCUT2D eigenvalue weighted by molar-refractivity contribution is 6.04. The molecule has 0 aromatic rings. The van der Waals surface area contributed by atoms with Crippen molar-refractivity contribution in [2.24, 2.45) is 23.2 Å². The summed E-state index contributed by atoms with van der Waals surface area (Å²) >= 11 is 0. The molecule has 0 aliphatic carbocycles. The third-order valence-corrected chi connectivity index (χ3v) is 10.8. The standard InChI is InChI=1S/C33H56N2O10/c1-13-22-33(9)25(34-30(40)45-33)19(5)23(36)17(3)16-32(8,41-12)27(20(6)26(38)31(7,14-2)29(39)43-22)44-28-24(37)21(35(10)11)15-18(4)42-28/h17-22,24-25,27-28,37H,13-16H2,1-12H3,(H,34,40)/t17-,18-,19-,20+,21+,22+,24-,25?,27-,28?,31?,32+,33?/m1/s1. The molecule has 12 nitrogen and oxygen atoms in total. The fourth-order valence-corrected chi connectivity index (χ4v) is 7.60. The molecule has 3 fully saturated rings. The fraction of sp³-hybridized carbons (Fsp3) is 0.879. The summed E-state index contributed by atoms with van der Waals surface area (Å²) in [4.78, 5) is 57.0. The monoisotopic (exact) mass is 640 g/mol. The minimum Gasteiger partial charge on any atom is -0.457 e. The van der Waals surface area contributed by atoms with Crippen molar-refractivity contribution in [2.75, 3.05) is 21.2 Å². The molecule has 3 heterocycles. The Labute approximate surface area is 268 Å². The number of fused-ring (bicyclic) bond motifs is 1. The number of Topliss-reactive ketones (excluding diaryl/α,β-unsaturated/α-hetero) is 2. The van der Waals surface area contributed by atoms with Crippen LogP contribution < -0.4 is 5.32 Å². The minimum absolute atomic E-state index is 0.133. The number of amides is 1. The van der Waals surface area contributed by atoms with Crippen molar-refractivity contribution in [1.82, 2.24) is 10.2 Å². The van der Waals surface area contributed by atoms with Crippen LogP contribution in [0.4, 0.5) is 4.79 Å². The van der Waals surface area contributed by atoms with Crippen LogP contribution in [0.3, 0.4) is 0 Å². The summed E-state index contributed by atoms with van der Waals surface area (Å²) in [6.45, 7) is 15.6. The highest BCUT2D eigenvalue weighted by Crippen LogP contribution is 2.42. The average molecular weight is 641 g/mol. The minimum atomic E-state index is -1.59. The second kappa shape index (κ2) is 13.9. The van der Waals surface area contributed by atoms with Gasteiger partial charge in [-0.05, 0) is 67.5 Å². The Morgan fingerprint density at radius 3 is 2.18 bits per heavy atom. The van der Waals surface area contributed by atoms with E-state index in [1.807, 2.05) is 25.9 Å². The van der Waals surface area contributed by atoms with E-state index in [1.165, 1.54) is 7.11 Å². The molecule has 12 heteroatoms. The predicted molar refractivity (Wildman–Crippen MR) is 165 cm³/mol. The molecule has 45 heavy (non-hydrogen) atoms. The molecule has 0 spiro atoms. The molecule has 2 N–H and O–H groups in total. The molecule has 0 bridgehead atoms. The number of nitrogens with one attached hydrogen (secondary N) is 1. The molecule has 0 radical (unpaired) electrons. The lowest BCUT2D eigenvalue weighted by atomic mass is 9.70. The van der Waals surface area contributed by atoms with Crippen molar-refractivity contribution in [3.8, 4) is 0 Å². The molecule has 0 aromatic carbocycles. The van der Waals surface area contributed by atoms with Crippen molar-refractivity contribution >= 4 is 23.6 Å². The molecule has 1 amide bonds. The third kappa shape index (κ3) is 6.95. The van der Waals surface area contributed by atoms with Crippen LogP contribution in [-0.4, -0.2) is 109 Å². The zero-order valence-electron chi connectivity index (χ0n) is 29.2. The molecule has 258 valence electrons. The SMILES string of the molecule is CC[C@@H]1OC(=O)C(C)(CC)C(=O)[C@H](C)[C@@H](OC2O[C@H](C)C[C@H](N(C)C)[C@H]2O)[C@@](C)(OC)C[C@@H](C)C(=O)[C@@H](C)C2NC(=O)OC21C. The van der Waals surface area contributed by atoms with Crippen molar-refractivity contribution in [3.63, 3.8) is 0 Å².